The molecule has 1 aromatic heterocycles. The van der Waals surface area contributed by atoms with Crippen LogP contribution in [0.25, 0.3) is 0 Å². The average molecular weight is 273 g/mol. The number of nitrogens with zero attached hydrogens (tertiary/aromatic N) is 4. The number of hydrogen-bond donors (Lipinski definition) is 2. The lowest BCUT2D eigenvalue weighted by Crippen LogP contribution is -2.23. The number of anilines is 1. The van der Waals surface area contributed by atoms with Gasteiger partial charge in [0.2, 0.25) is 0 Å². The van der Waals surface area contributed by atoms with Crippen LogP contribution < -0.4 is 10.6 Å². The molecule has 6 heteroatoms. The number of imidazole rings is 1. The van der Waals surface area contributed by atoms with Crippen molar-refractivity contribution in [1.29, 1.82) is 0 Å². The van der Waals surface area contributed by atoms with Gasteiger partial charge < -0.3 is 20.4 Å². The van der Waals surface area contributed by atoms with Crippen LogP contribution >= 0.6 is 0 Å². The molecule has 0 unspecified atom stereocenters. The highest BCUT2D eigenvalue weighted by atomic mass is 16.4. The maximum atomic E-state index is 8.72. The number of hydrogen-bond acceptors (Lipinski definition) is 4. The van der Waals surface area contributed by atoms with Crippen molar-refractivity contribution in [2.75, 3.05) is 18.5 Å². The minimum Gasteiger partial charge on any atom is -0.409 e. The van der Waals surface area contributed by atoms with Crippen LogP contribution in [0, 0.1) is 6.92 Å². The van der Waals surface area contributed by atoms with Gasteiger partial charge in [-0.15, -0.1) is 0 Å². The van der Waals surface area contributed by atoms with E-state index in [1.807, 2.05) is 44.4 Å². The van der Waals surface area contributed by atoms with Crippen molar-refractivity contribution in [2.24, 2.45) is 10.9 Å². The van der Waals surface area contributed by atoms with Gasteiger partial charge >= 0.3 is 0 Å². The molecule has 0 radical (unpaired) electrons. The van der Waals surface area contributed by atoms with E-state index in [1.54, 1.807) is 6.20 Å². The number of rotatable bonds is 5. The minimum atomic E-state index is 0.116. The molecule has 0 aliphatic heterocycles. The summed E-state index contributed by atoms with van der Waals surface area (Å²) in [4.78, 5) is 6.32. The molecule has 106 valence electrons. The highest BCUT2D eigenvalue weighted by molar-refractivity contribution is 5.97. The smallest absolute Gasteiger partial charge is 0.170 e. The topological polar surface area (TPSA) is 79.7 Å². The first-order valence-electron chi connectivity index (χ1n) is 6.38. The van der Waals surface area contributed by atoms with Crippen LogP contribution in [0.15, 0.2) is 41.8 Å². The second-order valence-corrected chi connectivity index (χ2v) is 4.62. The fourth-order valence-electron chi connectivity index (χ4n) is 1.99. The van der Waals surface area contributed by atoms with Crippen molar-refractivity contribution in [3.63, 3.8) is 0 Å². The molecular formula is C14H19N5O. The molecular weight excluding hydrogens is 254 g/mol. The molecule has 3 N–H and O–H groups in total. The summed E-state index contributed by atoms with van der Waals surface area (Å²) in [5.74, 6) is 1.12. The first-order chi connectivity index (χ1) is 9.61. The summed E-state index contributed by atoms with van der Waals surface area (Å²) in [6.45, 7) is 3.69. The van der Waals surface area contributed by atoms with Gasteiger partial charge in [0.15, 0.2) is 5.84 Å². The van der Waals surface area contributed by atoms with Crippen LogP contribution in [0.4, 0.5) is 5.69 Å². The third-order valence-electron chi connectivity index (χ3n) is 3.29. The molecule has 0 spiro atoms. The van der Waals surface area contributed by atoms with E-state index in [1.165, 1.54) is 0 Å². The molecule has 0 atom stereocenters. The van der Waals surface area contributed by atoms with Crippen molar-refractivity contribution >= 4 is 11.5 Å². The van der Waals surface area contributed by atoms with E-state index in [2.05, 4.69) is 19.6 Å². The molecule has 2 aromatic rings. The van der Waals surface area contributed by atoms with Gasteiger partial charge in [-0.05, 0) is 19.1 Å². The molecule has 1 heterocycles. The first-order valence-corrected chi connectivity index (χ1v) is 6.38. The van der Waals surface area contributed by atoms with E-state index < -0.39 is 0 Å². The van der Waals surface area contributed by atoms with Gasteiger partial charge in [0.1, 0.15) is 5.82 Å². The third kappa shape index (κ3) is 3.09. The molecule has 0 amide bonds. The lowest BCUT2D eigenvalue weighted by Gasteiger charge is -2.20. The number of likely N-dealkylation sites (N-methyl/N-ethyl adjacent to an activating group) is 1. The summed E-state index contributed by atoms with van der Waals surface area (Å²) in [7, 11) is 2.01. The summed E-state index contributed by atoms with van der Waals surface area (Å²) < 4.78 is 2.10. The summed E-state index contributed by atoms with van der Waals surface area (Å²) in [6, 6.07) is 7.60. The first kappa shape index (κ1) is 13.9. The number of aromatic nitrogens is 2. The van der Waals surface area contributed by atoms with E-state index in [9.17, 15) is 0 Å². The van der Waals surface area contributed by atoms with Crippen molar-refractivity contribution in [1.82, 2.24) is 9.55 Å². The number of aryl methyl sites for hydroxylation is 1. The lowest BCUT2D eigenvalue weighted by atomic mass is 10.2. The number of benzene rings is 1. The van der Waals surface area contributed by atoms with Crippen LogP contribution in [-0.2, 0) is 6.54 Å². The Hall–Kier alpha value is -2.50. The maximum Gasteiger partial charge on any atom is 0.170 e. The van der Waals surface area contributed by atoms with Crippen LogP contribution in [0.3, 0.4) is 0 Å². The van der Waals surface area contributed by atoms with Crippen molar-refractivity contribution in [2.45, 2.75) is 13.5 Å². The molecule has 1 aromatic carbocycles. The summed E-state index contributed by atoms with van der Waals surface area (Å²) in [6.07, 6.45) is 3.77. The minimum absolute atomic E-state index is 0.116. The van der Waals surface area contributed by atoms with Crippen LogP contribution in [-0.4, -0.2) is 34.2 Å². The number of amidine groups is 1. The largest absolute Gasteiger partial charge is 0.409 e. The van der Waals surface area contributed by atoms with E-state index in [0.29, 0.717) is 5.56 Å². The molecule has 0 saturated carbocycles. The zero-order valence-electron chi connectivity index (χ0n) is 11.7. The van der Waals surface area contributed by atoms with Crippen molar-refractivity contribution in [3.05, 3.63) is 48.0 Å². The van der Waals surface area contributed by atoms with Gasteiger partial charge in [-0.1, -0.05) is 17.3 Å². The lowest BCUT2D eigenvalue weighted by molar-refractivity contribution is 0.318. The molecule has 20 heavy (non-hydrogen) atoms. The molecule has 0 aliphatic rings. The van der Waals surface area contributed by atoms with E-state index >= 15 is 0 Å². The summed E-state index contributed by atoms with van der Waals surface area (Å²) in [5.41, 5.74) is 7.33. The Balaban J connectivity index is 2.06. The van der Waals surface area contributed by atoms with Gasteiger partial charge in [0.25, 0.3) is 0 Å². The normalized spacial score (nSPS) is 11.6. The Labute approximate surface area is 118 Å². The van der Waals surface area contributed by atoms with E-state index in [4.69, 9.17) is 10.9 Å². The fraction of sp³-hybridized carbons (Fsp3) is 0.286. The summed E-state index contributed by atoms with van der Waals surface area (Å²) in [5, 5.41) is 11.7. The van der Waals surface area contributed by atoms with Crippen LogP contribution in [0.1, 0.15) is 11.4 Å². The molecule has 0 aliphatic carbocycles. The number of nitrogens with two attached hydrogens (primary N) is 1. The Morgan fingerprint density at radius 3 is 2.95 bits per heavy atom. The standard InChI is InChI=1S/C14H19N5O/c1-11-16-6-7-19(11)9-8-18(2)13-5-3-4-12(10-13)14(15)17-20/h3-7,10,20H,8-9H2,1-2H3,(H2,15,17). The molecule has 0 bridgehead atoms. The Morgan fingerprint density at radius 1 is 1.50 bits per heavy atom. The van der Waals surface area contributed by atoms with E-state index in [0.717, 1.165) is 24.6 Å². The zero-order chi connectivity index (χ0) is 14.5. The predicted molar refractivity (Wildman–Crippen MR) is 79.2 cm³/mol. The van der Waals surface area contributed by atoms with Gasteiger partial charge in [-0.25, -0.2) is 4.98 Å². The second kappa shape index (κ2) is 6.10. The van der Waals surface area contributed by atoms with Gasteiger partial charge in [0, 0.05) is 43.8 Å². The predicted octanol–water partition coefficient (Wildman–Crippen LogP) is 1.42. The highest BCUT2D eigenvalue weighted by Crippen LogP contribution is 2.15. The average Bonchev–Trinajstić information content (AvgIpc) is 2.89. The van der Waals surface area contributed by atoms with E-state index in [-0.39, 0.29) is 5.84 Å². The van der Waals surface area contributed by atoms with Crippen molar-refractivity contribution in [3.8, 4) is 0 Å². The van der Waals surface area contributed by atoms with Crippen LogP contribution in [0.5, 0.6) is 0 Å². The molecule has 2 rings (SSSR count). The molecule has 6 nitrogen and oxygen atoms in total. The maximum absolute atomic E-state index is 8.72. The Bertz CT molecular complexity index is 605. The molecule has 0 saturated heterocycles. The molecule has 0 fully saturated rings. The van der Waals surface area contributed by atoms with Crippen LogP contribution in [0.2, 0.25) is 0 Å². The van der Waals surface area contributed by atoms with Crippen molar-refractivity contribution < 1.29 is 5.21 Å². The second-order valence-electron chi connectivity index (χ2n) is 4.62. The third-order valence-corrected chi connectivity index (χ3v) is 3.29. The van der Waals surface area contributed by atoms with Gasteiger partial charge in [0.05, 0.1) is 0 Å². The van der Waals surface area contributed by atoms with Gasteiger partial charge in [-0.2, -0.15) is 0 Å². The highest BCUT2D eigenvalue weighted by Gasteiger charge is 2.05. The quantitative estimate of drug-likeness (QED) is 0.374. The monoisotopic (exact) mass is 273 g/mol. The SMILES string of the molecule is Cc1nccn1CCN(C)c1cccc(C(N)=NO)c1. The zero-order valence-corrected chi connectivity index (χ0v) is 11.7. The Kier molecular flexibility index (Phi) is 4.24. The van der Waals surface area contributed by atoms with Gasteiger partial charge in [-0.3, -0.25) is 0 Å². The summed E-state index contributed by atoms with van der Waals surface area (Å²) >= 11 is 0. The Morgan fingerprint density at radius 2 is 2.30 bits per heavy atom. The fourth-order valence-corrected chi connectivity index (χ4v) is 1.99. The number of oxime groups is 1.